The van der Waals surface area contributed by atoms with E-state index in [1.807, 2.05) is 6.92 Å². The second kappa shape index (κ2) is 8.92. The molecule has 0 unspecified atom stereocenters. The maximum atomic E-state index is 12.6. The molecule has 0 aliphatic heterocycles. The first-order chi connectivity index (χ1) is 14.0. The molecule has 150 valence electrons. The highest BCUT2D eigenvalue weighted by Crippen LogP contribution is 2.23. The molecule has 2 N–H and O–H groups in total. The number of amides is 1. The van der Waals surface area contributed by atoms with Crippen molar-refractivity contribution in [3.63, 3.8) is 0 Å². The minimum Gasteiger partial charge on any atom is -0.497 e. The minimum absolute atomic E-state index is 0.172. The third-order valence-electron chi connectivity index (χ3n) is 4.28. The number of nitrogens with one attached hydrogen (secondary N) is 2. The Balaban J connectivity index is 1.76. The van der Waals surface area contributed by atoms with Crippen molar-refractivity contribution in [3.05, 3.63) is 64.5 Å². The van der Waals surface area contributed by atoms with E-state index in [2.05, 4.69) is 15.8 Å². The molecular formula is C21H22N4O4. The highest BCUT2D eigenvalue weighted by molar-refractivity contribution is 5.92. The number of anilines is 1. The zero-order valence-electron chi connectivity index (χ0n) is 16.4. The summed E-state index contributed by atoms with van der Waals surface area (Å²) in [5.74, 6) is 1.10. The number of rotatable bonds is 7. The number of para-hydroxylation sites is 1. The van der Waals surface area contributed by atoms with Crippen molar-refractivity contribution in [2.75, 3.05) is 19.6 Å². The summed E-state index contributed by atoms with van der Waals surface area (Å²) in [6.07, 6.45) is 2.99. The van der Waals surface area contributed by atoms with Gasteiger partial charge in [0.1, 0.15) is 11.5 Å². The maximum Gasteiger partial charge on any atom is 0.262 e. The number of hydrazine groups is 1. The Kier molecular flexibility index (Phi) is 6.13. The average Bonchev–Trinajstić information content (AvgIpc) is 2.76. The van der Waals surface area contributed by atoms with E-state index in [4.69, 9.17) is 9.47 Å². The predicted octanol–water partition coefficient (Wildman–Crippen LogP) is 2.59. The van der Waals surface area contributed by atoms with E-state index in [0.717, 1.165) is 5.56 Å². The minimum atomic E-state index is -0.406. The van der Waals surface area contributed by atoms with Gasteiger partial charge in [-0.2, -0.15) is 0 Å². The molecule has 8 heteroatoms. The molecule has 0 saturated heterocycles. The van der Waals surface area contributed by atoms with Gasteiger partial charge in [-0.15, -0.1) is 0 Å². The lowest BCUT2D eigenvalue weighted by Crippen LogP contribution is -2.33. The van der Waals surface area contributed by atoms with Crippen molar-refractivity contribution >= 4 is 28.8 Å². The van der Waals surface area contributed by atoms with Gasteiger partial charge in [0.15, 0.2) is 0 Å². The summed E-state index contributed by atoms with van der Waals surface area (Å²) in [5.41, 5.74) is 6.39. The number of nitrogens with zero attached hydrogens (tertiary/aromatic N) is 2. The van der Waals surface area contributed by atoms with Crippen LogP contribution < -0.4 is 25.9 Å². The number of carbonyl (C=O) groups excluding carboxylic acids is 1. The fourth-order valence-electron chi connectivity index (χ4n) is 2.81. The first-order valence-electron chi connectivity index (χ1n) is 9.02. The molecule has 3 aromatic rings. The second-order valence-corrected chi connectivity index (χ2v) is 6.10. The van der Waals surface area contributed by atoms with Crippen LogP contribution in [0.1, 0.15) is 12.5 Å². The Hall–Kier alpha value is -3.81. The van der Waals surface area contributed by atoms with Crippen LogP contribution in [0.15, 0.2) is 53.3 Å². The van der Waals surface area contributed by atoms with Gasteiger partial charge in [-0.05, 0) is 42.8 Å². The molecule has 0 saturated carbocycles. The van der Waals surface area contributed by atoms with E-state index >= 15 is 0 Å². The van der Waals surface area contributed by atoms with Gasteiger partial charge in [-0.25, -0.2) is 4.98 Å². The molecule has 0 bridgehead atoms. The van der Waals surface area contributed by atoms with Gasteiger partial charge in [0, 0.05) is 18.7 Å². The molecule has 29 heavy (non-hydrogen) atoms. The molecule has 1 aromatic heterocycles. The Morgan fingerprint density at radius 1 is 1.14 bits per heavy atom. The molecule has 8 nitrogen and oxygen atoms in total. The molecule has 0 fully saturated rings. The van der Waals surface area contributed by atoms with Crippen molar-refractivity contribution in [2.45, 2.75) is 13.5 Å². The summed E-state index contributed by atoms with van der Waals surface area (Å²) in [6, 6.07) is 12.4. The zero-order valence-corrected chi connectivity index (χ0v) is 16.4. The quantitative estimate of drug-likeness (QED) is 0.473. The van der Waals surface area contributed by atoms with Crippen molar-refractivity contribution in [2.24, 2.45) is 0 Å². The molecular weight excluding hydrogens is 372 g/mol. The lowest BCUT2D eigenvalue weighted by atomic mass is 10.2. The number of hydrogen-bond donors (Lipinski definition) is 2. The van der Waals surface area contributed by atoms with Gasteiger partial charge < -0.3 is 9.47 Å². The van der Waals surface area contributed by atoms with Crippen molar-refractivity contribution in [3.8, 4) is 11.5 Å². The van der Waals surface area contributed by atoms with Crippen LogP contribution in [0.4, 0.5) is 5.95 Å². The van der Waals surface area contributed by atoms with Gasteiger partial charge in [0.25, 0.3) is 11.5 Å². The van der Waals surface area contributed by atoms with Gasteiger partial charge in [-0.3, -0.25) is 25.0 Å². The third kappa shape index (κ3) is 4.55. The standard InChI is InChI=1S/C21H22N4O4/c1-4-25-20(27)17-7-5-6-8-18(17)22-21(25)24-23-19(26)10-9-14-11-15(28-2)13-16(12-14)29-3/h5-13H,4H2,1-3H3,(H,22,24)(H,23,26)/b10-9+. The highest BCUT2D eigenvalue weighted by atomic mass is 16.5. The predicted molar refractivity (Wildman–Crippen MR) is 112 cm³/mol. The fourth-order valence-corrected chi connectivity index (χ4v) is 2.81. The van der Waals surface area contributed by atoms with Crippen molar-refractivity contribution < 1.29 is 14.3 Å². The molecule has 1 heterocycles. The van der Waals surface area contributed by atoms with Crippen LogP contribution in [0, 0.1) is 0 Å². The Morgan fingerprint density at radius 2 is 1.83 bits per heavy atom. The lowest BCUT2D eigenvalue weighted by Gasteiger charge is -2.13. The smallest absolute Gasteiger partial charge is 0.262 e. The Labute approximate surface area is 167 Å². The summed E-state index contributed by atoms with van der Waals surface area (Å²) >= 11 is 0. The molecule has 0 aliphatic carbocycles. The molecule has 2 aromatic carbocycles. The molecule has 0 radical (unpaired) electrons. The number of aromatic nitrogens is 2. The van der Waals surface area contributed by atoms with Crippen molar-refractivity contribution in [1.82, 2.24) is 15.0 Å². The van der Waals surface area contributed by atoms with Gasteiger partial charge in [0.05, 0.1) is 25.1 Å². The highest BCUT2D eigenvalue weighted by Gasteiger charge is 2.09. The van der Waals surface area contributed by atoms with Crippen LogP contribution in [0.2, 0.25) is 0 Å². The Morgan fingerprint density at radius 3 is 2.48 bits per heavy atom. The normalized spacial score (nSPS) is 10.9. The van der Waals surface area contributed by atoms with Crippen LogP contribution >= 0.6 is 0 Å². The van der Waals surface area contributed by atoms with Crippen LogP contribution in [-0.4, -0.2) is 29.7 Å². The first-order valence-corrected chi connectivity index (χ1v) is 9.02. The fraction of sp³-hybridized carbons (Fsp3) is 0.190. The number of carbonyl (C=O) groups is 1. The number of methoxy groups -OCH3 is 2. The van der Waals surface area contributed by atoms with E-state index in [1.165, 1.54) is 10.6 Å². The van der Waals surface area contributed by atoms with E-state index in [-0.39, 0.29) is 11.5 Å². The maximum absolute atomic E-state index is 12.6. The van der Waals surface area contributed by atoms with E-state index in [9.17, 15) is 9.59 Å². The molecule has 3 rings (SSSR count). The third-order valence-corrected chi connectivity index (χ3v) is 4.28. The summed E-state index contributed by atoms with van der Waals surface area (Å²) in [5, 5.41) is 0.526. The lowest BCUT2D eigenvalue weighted by molar-refractivity contribution is -0.116. The first kappa shape index (κ1) is 19.9. The monoisotopic (exact) mass is 394 g/mol. The second-order valence-electron chi connectivity index (χ2n) is 6.10. The molecule has 0 atom stereocenters. The van der Waals surface area contributed by atoms with Gasteiger partial charge >= 0.3 is 0 Å². The topological polar surface area (TPSA) is 94.5 Å². The zero-order chi connectivity index (χ0) is 20.8. The van der Waals surface area contributed by atoms with Gasteiger partial charge in [-0.1, -0.05) is 12.1 Å². The summed E-state index contributed by atoms with van der Waals surface area (Å²) in [4.78, 5) is 29.2. The van der Waals surface area contributed by atoms with Crippen LogP contribution in [0.3, 0.4) is 0 Å². The number of fused-ring (bicyclic) bond motifs is 1. The number of benzene rings is 2. The van der Waals surface area contributed by atoms with Gasteiger partial charge in [0.2, 0.25) is 5.95 Å². The van der Waals surface area contributed by atoms with E-state index in [1.54, 1.807) is 62.8 Å². The summed E-state index contributed by atoms with van der Waals surface area (Å²) in [7, 11) is 3.12. The van der Waals surface area contributed by atoms with Crippen LogP contribution in [-0.2, 0) is 11.3 Å². The average molecular weight is 394 g/mol. The number of hydrogen-bond acceptors (Lipinski definition) is 6. The van der Waals surface area contributed by atoms with Crippen LogP contribution in [0.5, 0.6) is 11.5 Å². The Bertz CT molecular complexity index is 1100. The van der Waals surface area contributed by atoms with E-state index < -0.39 is 5.91 Å². The number of ether oxygens (including phenoxy) is 2. The molecule has 0 spiro atoms. The molecule has 1 amide bonds. The van der Waals surface area contributed by atoms with E-state index in [0.29, 0.717) is 28.9 Å². The summed E-state index contributed by atoms with van der Waals surface area (Å²) in [6.45, 7) is 2.25. The SMILES string of the molecule is CCn1c(NNC(=O)/C=C/c2cc(OC)cc(OC)c2)nc2ccccc2c1=O. The largest absolute Gasteiger partial charge is 0.497 e. The molecule has 0 aliphatic rings. The van der Waals surface area contributed by atoms with Crippen molar-refractivity contribution in [1.29, 1.82) is 0 Å². The van der Waals surface area contributed by atoms with Crippen LogP contribution in [0.25, 0.3) is 17.0 Å². The summed E-state index contributed by atoms with van der Waals surface area (Å²) < 4.78 is 11.9.